The molecule has 0 amide bonds. The third-order valence-electron chi connectivity index (χ3n) is 4.82. The molecule has 3 aromatic heterocycles. The van der Waals surface area contributed by atoms with Crippen molar-refractivity contribution < 1.29 is 22.6 Å². The lowest BCUT2D eigenvalue weighted by Gasteiger charge is -2.08. The average molecular weight is 467 g/mol. The van der Waals surface area contributed by atoms with Crippen molar-refractivity contribution in [1.29, 1.82) is 0 Å². The molecule has 0 fully saturated rings. The molecule has 0 radical (unpaired) electrons. The highest BCUT2D eigenvalue weighted by molar-refractivity contribution is 5.81. The SMILES string of the molecule is COc1nc(Oc2ccc(-c3nc(Nc4cccc(C(F)(F)F)c4)n[nH]3)cc2)c2cc[nH]c2n1. The quantitative estimate of drug-likeness (QED) is 0.310. The average Bonchev–Trinajstić information content (AvgIpc) is 3.49. The van der Waals surface area contributed by atoms with Gasteiger partial charge in [-0.2, -0.15) is 28.1 Å². The number of halogens is 3. The molecule has 2 aromatic carbocycles. The second-order valence-electron chi connectivity index (χ2n) is 7.09. The lowest BCUT2D eigenvalue weighted by molar-refractivity contribution is -0.137. The number of anilines is 2. The van der Waals surface area contributed by atoms with Crippen molar-refractivity contribution in [2.24, 2.45) is 0 Å². The Labute approximate surface area is 190 Å². The van der Waals surface area contributed by atoms with E-state index < -0.39 is 11.7 Å². The molecule has 34 heavy (non-hydrogen) atoms. The molecule has 0 spiro atoms. The number of nitrogens with zero attached hydrogens (tertiary/aromatic N) is 4. The first-order chi connectivity index (χ1) is 16.4. The number of hydrogen-bond donors (Lipinski definition) is 3. The minimum Gasteiger partial charge on any atom is -0.467 e. The fraction of sp³-hybridized carbons (Fsp3) is 0.0909. The van der Waals surface area contributed by atoms with Crippen LogP contribution in [0.4, 0.5) is 24.8 Å². The Bertz CT molecular complexity index is 1450. The highest BCUT2D eigenvalue weighted by Crippen LogP contribution is 2.32. The molecule has 0 aliphatic heterocycles. The Morgan fingerprint density at radius 2 is 1.79 bits per heavy atom. The molecule has 3 heterocycles. The molecule has 3 N–H and O–H groups in total. The molecule has 172 valence electrons. The minimum atomic E-state index is -4.44. The van der Waals surface area contributed by atoms with E-state index in [4.69, 9.17) is 9.47 Å². The molecule has 9 nitrogen and oxygen atoms in total. The second kappa shape index (κ2) is 8.39. The van der Waals surface area contributed by atoms with Gasteiger partial charge in [-0.15, -0.1) is 5.10 Å². The van der Waals surface area contributed by atoms with E-state index >= 15 is 0 Å². The summed E-state index contributed by atoms with van der Waals surface area (Å²) in [4.78, 5) is 15.7. The van der Waals surface area contributed by atoms with E-state index in [0.29, 0.717) is 34.1 Å². The lowest BCUT2D eigenvalue weighted by atomic mass is 10.2. The van der Waals surface area contributed by atoms with Crippen LogP contribution in [0.2, 0.25) is 0 Å². The number of benzene rings is 2. The van der Waals surface area contributed by atoms with Crippen LogP contribution in [0, 0.1) is 0 Å². The number of fused-ring (bicyclic) bond motifs is 1. The van der Waals surface area contributed by atoms with Gasteiger partial charge in [0.05, 0.1) is 18.1 Å². The standard InChI is InChI=1S/C22H16F3N7O2/c1-33-21-29-18-16(9-10-26-18)19(30-21)34-15-7-5-12(6-8-15)17-28-20(32-31-17)27-14-4-2-3-13(11-14)22(23,24)25/h2-11H,1H3,(H,26,29,30)(H2,27,28,31,32). The Balaban J connectivity index is 1.32. The van der Waals surface area contributed by atoms with Gasteiger partial charge in [-0.3, -0.25) is 5.10 Å². The van der Waals surface area contributed by atoms with Crippen molar-refractivity contribution >= 4 is 22.7 Å². The molecule has 5 rings (SSSR count). The molecule has 0 bridgehead atoms. The maximum Gasteiger partial charge on any atom is 0.416 e. The third-order valence-corrected chi connectivity index (χ3v) is 4.82. The number of nitrogens with one attached hydrogen (secondary N) is 3. The van der Waals surface area contributed by atoms with Crippen molar-refractivity contribution in [3.05, 3.63) is 66.4 Å². The number of aromatic nitrogens is 6. The van der Waals surface area contributed by atoms with Crippen molar-refractivity contribution in [1.82, 2.24) is 30.1 Å². The van der Waals surface area contributed by atoms with Crippen LogP contribution in [-0.4, -0.2) is 37.2 Å². The van der Waals surface area contributed by atoms with Crippen molar-refractivity contribution in [3.63, 3.8) is 0 Å². The van der Waals surface area contributed by atoms with E-state index in [9.17, 15) is 13.2 Å². The zero-order valence-corrected chi connectivity index (χ0v) is 17.5. The number of hydrogen-bond acceptors (Lipinski definition) is 7. The Hall–Kier alpha value is -4.61. The van der Waals surface area contributed by atoms with Gasteiger partial charge in [0.15, 0.2) is 5.82 Å². The first kappa shape index (κ1) is 21.2. The maximum atomic E-state index is 12.9. The van der Waals surface area contributed by atoms with Crippen molar-refractivity contribution in [2.45, 2.75) is 6.18 Å². The summed E-state index contributed by atoms with van der Waals surface area (Å²) in [7, 11) is 1.47. The van der Waals surface area contributed by atoms with Gasteiger partial charge >= 0.3 is 12.2 Å². The number of alkyl halides is 3. The fourth-order valence-electron chi connectivity index (χ4n) is 3.20. The van der Waals surface area contributed by atoms with Crippen LogP contribution in [0.1, 0.15) is 5.56 Å². The maximum absolute atomic E-state index is 12.9. The Morgan fingerprint density at radius 3 is 2.56 bits per heavy atom. The number of aromatic amines is 2. The van der Waals surface area contributed by atoms with Gasteiger partial charge in [0.1, 0.15) is 11.4 Å². The third kappa shape index (κ3) is 4.33. The van der Waals surface area contributed by atoms with Crippen LogP contribution in [-0.2, 0) is 6.18 Å². The molecule has 0 aliphatic carbocycles. The number of methoxy groups -OCH3 is 1. The summed E-state index contributed by atoms with van der Waals surface area (Å²) in [5, 5.41) is 10.3. The first-order valence-corrected chi connectivity index (χ1v) is 9.93. The van der Waals surface area contributed by atoms with Crippen LogP contribution in [0.3, 0.4) is 0 Å². The highest BCUT2D eigenvalue weighted by atomic mass is 19.4. The van der Waals surface area contributed by atoms with Gasteiger partial charge in [-0.1, -0.05) is 6.07 Å². The number of ether oxygens (including phenoxy) is 2. The van der Waals surface area contributed by atoms with Gasteiger partial charge in [-0.05, 0) is 48.5 Å². The lowest BCUT2D eigenvalue weighted by Crippen LogP contribution is -2.05. The summed E-state index contributed by atoms with van der Waals surface area (Å²) in [5.74, 6) is 1.42. The first-order valence-electron chi connectivity index (χ1n) is 9.93. The summed E-state index contributed by atoms with van der Waals surface area (Å²) in [6.07, 6.45) is -2.71. The molecule has 0 saturated heterocycles. The number of H-pyrrole nitrogens is 2. The topological polar surface area (TPSA) is 114 Å². The predicted octanol–water partition coefficient (Wildman–Crippen LogP) is 5.31. The van der Waals surface area contributed by atoms with Crippen LogP contribution >= 0.6 is 0 Å². The summed E-state index contributed by atoms with van der Waals surface area (Å²) in [5.41, 5.74) is 0.743. The van der Waals surface area contributed by atoms with Crippen LogP contribution < -0.4 is 14.8 Å². The van der Waals surface area contributed by atoms with Gasteiger partial charge < -0.3 is 19.8 Å². The van der Waals surface area contributed by atoms with Gasteiger partial charge in [0.2, 0.25) is 11.8 Å². The molecule has 5 aromatic rings. The zero-order valence-electron chi connectivity index (χ0n) is 17.5. The molecular formula is C22H16F3N7O2. The van der Waals surface area contributed by atoms with Crippen LogP contribution in [0.25, 0.3) is 22.4 Å². The monoisotopic (exact) mass is 467 g/mol. The van der Waals surface area contributed by atoms with Gasteiger partial charge in [-0.25, -0.2) is 0 Å². The largest absolute Gasteiger partial charge is 0.467 e. The molecule has 0 atom stereocenters. The van der Waals surface area contributed by atoms with E-state index in [1.807, 2.05) is 0 Å². The highest BCUT2D eigenvalue weighted by Gasteiger charge is 2.30. The Kier molecular flexibility index (Phi) is 5.24. The molecule has 0 aliphatic rings. The summed E-state index contributed by atoms with van der Waals surface area (Å²) in [6.45, 7) is 0. The van der Waals surface area contributed by atoms with E-state index in [2.05, 4.69) is 35.5 Å². The van der Waals surface area contributed by atoms with Gasteiger partial charge in [0, 0.05) is 17.4 Å². The smallest absolute Gasteiger partial charge is 0.416 e. The molecule has 0 unspecified atom stereocenters. The zero-order chi connectivity index (χ0) is 23.7. The van der Waals surface area contributed by atoms with Crippen molar-refractivity contribution in [2.75, 3.05) is 12.4 Å². The van der Waals surface area contributed by atoms with E-state index in [-0.39, 0.29) is 17.6 Å². The number of rotatable bonds is 6. The summed E-state index contributed by atoms with van der Waals surface area (Å²) < 4.78 is 49.7. The van der Waals surface area contributed by atoms with Crippen molar-refractivity contribution in [3.8, 4) is 29.0 Å². The molecule has 0 saturated carbocycles. The molecule has 12 heteroatoms. The second-order valence-corrected chi connectivity index (χ2v) is 7.09. The predicted molar refractivity (Wildman–Crippen MR) is 117 cm³/mol. The van der Waals surface area contributed by atoms with E-state index in [1.54, 1.807) is 36.5 Å². The minimum absolute atomic E-state index is 0.137. The van der Waals surface area contributed by atoms with E-state index in [0.717, 1.165) is 12.1 Å². The fourth-order valence-corrected chi connectivity index (χ4v) is 3.20. The Morgan fingerprint density at radius 1 is 0.971 bits per heavy atom. The normalized spacial score (nSPS) is 11.5. The van der Waals surface area contributed by atoms with Gasteiger partial charge in [0.25, 0.3) is 0 Å². The van der Waals surface area contributed by atoms with E-state index in [1.165, 1.54) is 19.2 Å². The summed E-state index contributed by atoms with van der Waals surface area (Å²) >= 11 is 0. The van der Waals surface area contributed by atoms with Crippen LogP contribution in [0.5, 0.6) is 17.6 Å². The van der Waals surface area contributed by atoms with Crippen LogP contribution in [0.15, 0.2) is 60.8 Å². The summed E-state index contributed by atoms with van der Waals surface area (Å²) in [6, 6.07) is 13.7. The molecular weight excluding hydrogens is 451 g/mol.